The molecule has 0 unspecified atom stereocenters. The molecule has 5 aliphatic rings. The van der Waals surface area contributed by atoms with Crippen LogP contribution in [-0.4, -0.2) is 33.1 Å². The number of rotatable bonds is 3. The molecule has 8 nitrogen and oxygen atoms in total. The predicted octanol–water partition coefficient (Wildman–Crippen LogP) is 1.69. The van der Waals surface area contributed by atoms with Crippen LogP contribution < -0.4 is 0 Å². The molecular weight excluding hydrogens is 338 g/mol. The Labute approximate surface area is 147 Å². The van der Waals surface area contributed by atoms with Gasteiger partial charge in [-0.05, 0) is 36.2 Å². The van der Waals surface area contributed by atoms with Crippen LogP contribution in [0.25, 0.3) is 0 Å². The van der Waals surface area contributed by atoms with Gasteiger partial charge in [-0.25, -0.2) is 0 Å². The summed E-state index contributed by atoms with van der Waals surface area (Å²) in [6, 6.07) is 3.50. The lowest BCUT2D eigenvalue weighted by Crippen LogP contribution is -2.40. The first-order chi connectivity index (χ1) is 12.5. The maximum atomic E-state index is 12.8. The van der Waals surface area contributed by atoms with E-state index in [1.165, 1.54) is 12.1 Å². The van der Waals surface area contributed by atoms with Crippen molar-refractivity contribution in [3.05, 3.63) is 46.0 Å². The van der Waals surface area contributed by atoms with E-state index in [1.807, 2.05) is 0 Å². The van der Waals surface area contributed by atoms with E-state index >= 15 is 0 Å². The van der Waals surface area contributed by atoms with E-state index < -0.39 is 4.92 Å². The normalized spacial score (nSPS) is 36.5. The Balaban J connectivity index is 1.45. The fraction of sp³-hybridized carbons (Fsp3) is 0.389. The lowest BCUT2D eigenvalue weighted by molar-refractivity contribution is -0.384. The molecule has 2 bridgehead atoms. The molecule has 0 spiro atoms. The molecular formula is C18H15N3O5. The van der Waals surface area contributed by atoms with Crippen molar-refractivity contribution in [1.82, 2.24) is 5.01 Å². The minimum Gasteiger partial charge on any atom is -0.507 e. The summed E-state index contributed by atoms with van der Waals surface area (Å²) in [5, 5.41) is 25.6. The summed E-state index contributed by atoms with van der Waals surface area (Å²) in [7, 11) is 0. The first-order valence-electron chi connectivity index (χ1n) is 8.55. The first kappa shape index (κ1) is 15.2. The molecule has 2 saturated carbocycles. The van der Waals surface area contributed by atoms with Crippen molar-refractivity contribution in [2.24, 2.45) is 40.6 Å². The number of aromatic hydroxyl groups is 1. The van der Waals surface area contributed by atoms with E-state index in [1.54, 1.807) is 0 Å². The van der Waals surface area contributed by atoms with Crippen molar-refractivity contribution >= 4 is 23.7 Å². The number of amides is 2. The number of hydrogen-bond acceptors (Lipinski definition) is 6. The smallest absolute Gasteiger partial charge is 0.270 e. The summed E-state index contributed by atoms with van der Waals surface area (Å²) in [5.41, 5.74) is -0.127. The number of carbonyl (C=O) groups is 2. The van der Waals surface area contributed by atoms with Crippen LogP contribution in [0.2, 0.25) is 0 Å². The number of non-ortho nitro benzene ring substituents is 1. The second-order valence-electron chi connectivity index (χ2n) is 7.39. The Morgan fingerprint density at radius 2 is 1.77 bits per heavy atom. The van der Waals surface area contributed by atoms with Gasteiger partial charge in [-0.2, -0.15) is 10.1 Å². The first-order valence-corrected chi connectivity index (χ1v) is 8.55. The minimum absolute atomic E-state index is 0.0821. The van der Waals surface area contributed by atoms with Crippen molar-refractivity contribution < 1.29 is 19.6 Å². The zero-order chi connectivity index (χ0) is 18.2. The number of imide groups is 1. The summed E-state index contributed by atoms with van der Waals surface area (Å²) in [4.78, 5) is 35.8. The largest absolute Gasteiger partial charge is 0.507 e. The molecule has 6 atom stereocenters. The van der Waals surface area contributed by atoms with E-state index in [0.717, 1.165) is 23.7 Å². The van der Waals surface area contributed by atoms with Gasteiger partial charge in [-0.3, -0.25) is 19.7 Å². The number of carbonyl (C=O) groups excluding carboxylic acids is 2. The Kier molecular flexibility index (Phi) is 2.93. The molecule has 26 heavy (non-hydrogen) atoms. The molecule has 3 fully saturated rings. The average Bonchev–Trinajstić information content (AvgIpc) is 3.40. The van der Waals surface area contributed by atoms with Gasteiger partial charge in [0.2, 0.25) is 0 Å². The van der Waals surface area contributed by atoms with Crippen LogP contribution >= 0.6 is 0 Å². The fourth-order valence-electron chi connectivity index (χ4n) is 4.93. The number of nitro benzene ring substituents is 1. The summed E-state index contributed by atoms with van der Waals surface area (Å²) in [5.74, 6) is -0.305. The van der Waals surface area contributed by atoms with Gasteiger partial charge in [0.05, 0.1) is 23.0 Å². The molecule has 1 saturated heterocycles. The second kappa shape index (κ2) is 5.00. The lowest BCUT2D eigenvalue weighted by Gasteiger charge is -2.37. The molecule has 2 amide bonds. The standard InChI is InChI=1S/C18H15N3O5/c22-14-4-1-9(21(25)26)5-8(14)7-19-20-17(23)15-10-2-3-11(13-6-12(10)13)16(15)18(20)24/h1-5,7,10-13,15-16,22H,6H2/b19-7-/t10-,11-,12-,13+,15-,16+/m0/s1. The van der Waals surface area contributed by atoms with Gasteiger partial charge >= 0.3 is 0 Å². The molecule has 0 aromatic heterocycles. The minimum atomic E-state index is -0.590. The van der Waals surface area contributed by atoms with Crippen LogP contribution in [0, 0.1) is 45.6 Å². The van der Waals surface area contributed by atoms with Crippen LogP contribution in [0.1, 0.15) is 12.0 Å². The fourth-order valence-corrected chi connectivity index (χ4v) is 4.93. The van der Waals surface area contributed by atoms with Gasteiger partial charge in [0.25, 0.3) is 17.5 Å². The maximum absolute atomic E-state index is 12.8. The highest BCUT2D eigenvalue weighted by atomic mass is 16.6. The number of hydrogen-bond donors (Lipinski definition) is 1. The molecule has 132 valence electrons. The van der Waals surface area contributed by atoms with E-state index in [-0.39, 0.29) is 52.5 Å². The number of phenolic OH excluding ortho intramolecular Hbond substituents is 1. The maximum Gasteiger partial charge on any atom is 0.270 e. The van der Waals surface area contributed by atoms with Gasteiger partial charge in [-0.15, -0.1) is 0 Å². The molecule has 1 aromatic rings. The van der Waals surface area contributed by atoms with Crippen molar-refractivity contribution in [2.75, 3.05) is 0 Å². The van der Waals surface area contributed by atoms with Gasteiger partial charge in [0.15, 0.2) is 0 Å². The van der Waals surface area contributed by atoms with Gasteiger partial charge < -0.3 is 5.11 Å². The Morgan fingerprint density at radius 3 is 2.35 bits per heavy atom. The highest BCUT2D eigenvalue weighted by Crippen LogP contribution is 2.65. The van der Waals surface area contributed by atoms with E-state index in [9.17, 15) is 24.8 Å². The van der Waals surface area contributed by atoms with E-state index in [0.29, 0.717) is 11.8 Å². The third-order valence-electron chi connectivity index (χ3n) is 6.17. The van der Waals surface area contributed by atoms with Crippen LogP contribution in [0.4, 0.5) is 5.69 Å². The molecule has 1 N–H and O–H groups in total. The van der Waals surface area contributed by atoms with Crippen molar-refractivity contribution in [1.29, 1.82) is 0 Å². The molecule has 4 aliphatic carbocycles. The van der Waals surface area contributed by atoms with Gasteiger partial charge in [-0.1, -0.05) is 12.2 Å². The van der Waals surface area contributed by atoms with Crippen molar-refractivity contribution in [3.8, 4) is 5.75 Å². The molecule has 1 heterocycles. The molecule has 1 aliphatic heterocycles. The number of nitrogens with zero attached hydrogens (tertiary/aromatic N) is 3. The predicted molar refractivity (Wildman–Crippen MR) is 88.9 cm³/mol. The molecule has 6 rings (SSSR count). The summed E-state index contributed by atoms with van der Waals surface area (Å²) >= 11 is 0. The zero-order valence-corrected chi connectivity index (χ0v) is 13.6. The molecule has 0 radical (unpaired) electrons. The molecule has 8 heteroatoms. The van der Waals surface area contributed by atoms with Crippen molar-refractivity contribution in [3.63, 3.8) is 0 Å². The van der Waals surface area contributed by atoms with Crippen LogP contribution in [0.15, 0.2) is 35.5 Å². The van der Waals surface area contributed by atoms with E-state index in [4.69, 9.17) is 0 Å². The second-order valence-corrected chi connectivity index (χ2v) is 7.39. The Morgan fingerprint density at radius 1 is 1.15 bits per heavy atom. The quantitative estimate of drug-likeness (QED) is 0.292. The summed E-state index contributed by atoms with van der Waals surface area (Å²) in [6.45, 7) is 0. The Bertz CT molecular complexity index is 887. The number of allylic oxidation sites excluding steroid dienone is 2. The number of nitro groups is 1. The van der Waals surface area contributed by atoms with Crippen LogP contribution in [0.5, 0.6) is 5.75 Å². The van der Waals surface area contributed by atoms with Crippen LogP contribution in [-0.2, 0) is 9.59 Å². The SMILES string of the molecule is O=C1[C@@H]2[C@H]3C=C[C@@H]([C@@H]4C[C@H]34)[C@@H]2C(=O)N1/N=C\c1cc([N+](=O)[O-])ccc1O. The average molecular weight is 353 g/mol. The van der Waals surface area contributed by atoms with E-state index in [2.05, 4.69) is 17.3 Å². The number of phenols is 1. The monoisotopic (exact) mass is 353 g/mol. The highest BCUT2D eigenvalue weighted by molar-refractivity contribution is 6.06. The molecule has 1 aromatic carbocycles. The topological polar surface area (TPSA) is 113 Å². The third-order valence-corrected chi connectivity index (χ3v) is 6.17. The van der Waals surface area contributed by atoms with Crippen LogP contribution in [0.3, 0.4) is 0 Å². The number of benzene rings is 1. The lowest BCUT2D eigenvalue weighted by atomic mass is 9.63. The zero-order valence-electron chi connectivity index (χ0n) is 13.6. The summed E-state index contributed by atoms with van der Waals surface area (Å²) < 4.78 is 0. The third kappa shape index (κ3) is 1.92. The highest BCUT2D eigenvalue weighted by Gasteiger charge is 2.67. The summed E-state index contributed by atoms with van der Waals surface area (Å²) in [6.07, 6.45) is 6.36. The van der Waals surface area contributed by atoms with Gasteiger partial charge in [0, 0.05) is 17.7 Å². The van der Waals surface area contributed by atoms with Crippen molar-refractivity contribution in [2.45, 2.75) is 6.42 Å². The number of hydrazone groups is 1. The van der Waals surface area contributed by atoms with Gasteiger partial charge in [0.1, 0.15) is 5.75 Å². The Hall–Kier alpha value is -3.03.